The van der Waals surface area contributed by atoms with Crippen LogP contribution < -0.4 is 5.73 Å². The normalized spacial score (nSPS) is 20.8. The molecule has 0 unspecified atom stereocenters. The van der Waals surface area contributed by atoms with E-state index in [0.29, 0.717) is 18.9 Å². The van der Waals surface area contributed by atoms with Gasteiger partial charge in [0.05, 0.1) is 0 Å². The lowest BCUT2D eigenvalue weighted by Crippen LogP contribution is -2.51. The minimum absolute atomic E-state index is 0.0497. The van der Waals surface area contributed by atoms with Crippen LogP contribution >= 0.6 is 0 Å². The molecule has 1 aliphatic heterocycles. The maximum Gasteiger partial charge on any atom is 0.224 e. The van der Waals surface area contributed by atoms with Gasteiger partial charge in [0.1, 0.15) is 5.82 Å². The zero-order valence-corrected chi connectivity index (χ0v) is 13.5. The number of aromatic nitrogens is 2. The zero-order chi connectivity index (χ0) is 15.4. The number of likely N-dealkylation sites (tertiary alicyclic amines) is 1. The van der Waals surface area contributed by atoms with E-state index >= 15 is 0 Å². The number of nitrogens with zero attached hydrogens (tertiary/aromatic N) is 3. The van der Waals surface area contributed by atoms with Gasteiger partial charge in [-0.15, -0.1) is 0 Å². The molecular formula is C16H28N4O. The van der Waals surface area contributed by atoms with Gasteiger partial charge in [-0.2, -0.15) is 0 Å². The van der Waals surface area contributed by atoms with Crippen molar-refractivity contribution < 1.29 is 4.79 Å². The second-order valence-electron chi connectivity index (χ2n) is 6.39. The van der Waals surface area contributed by atoms with Gasteiger partial charge in [-0.25, -0.2) is 4.98 Å². The zero-order valence-electron chi connectivity index (χ0n) is 13.5. The van der Waals surface area contributed by atoms with E-state index in [2.05, 4.69) is 23.4 Å². The van der Waals surface area contributed by atoms with Gasteiger partial charge in [0, 0.05) is 49.9 Å². The largest absolute Gasteiger partial charge is 0.338 e. The lowest BCUT2D eigenvalue weighted by molar-refractivity contribution is -0.135. The number of carbonyl (C=O) groups excluding carboxylic acids is 1. The van der Waals surface area contributed by atoms with Crippen LogP contribution in [0.3, 0.4) is 0 Å². The Balaban J connectivity index is 1.95. The smallest absolute Gasteiger partial charge is 0.224 e. The second kappa shape index (κ2) is 7.07. The molecule has 2 rings (SSSR count). The number of piperidine rings is 1. The first-order valence-corrected chi connectivity index (χ1v) is 8.06. The fraction of sp³-hybridized carbons (Fsp3) is 0.750. The summed E-state index contributed by atoms with van der Waals surface area (Å²) >= 11 is 0. The van der Waals surface area contributed by atoms with E-state index in [1.807, 2.05) is 24.2 Å². The van der Waals surface area contributed by atoms with E-state index in [0.717, 1.165) is 25.2 Å². The van der Waals surface area contributed by atoms with Crippen molar-refractivity contribution in [3.05, 3.63) is 18.2 Å². The van der Waals surface area contributed by atoms with Crippen molar-refractivity contribution in [3.8, 4) is 0 Å². The minimum Gasteiger partial charge on any atom is -0.338 e. The summed E-state index contributed by atoms with van der Waals surface area (Å²) in [4.78, 5) is 18.9. The highest BCUT2D eigenvalue weighted by Gasteiger charge is 2.28. The number of aryl methyl sites for hydroxylation is 1. The molecule has 0 aliphatic carbocycles. The Kier molecular flexibility index (Phi) is 5.39. The highest BCUT2D eigenvalue weighted by molar-refractivity contribution is 5.76. The van der Waals surface area contributed by atoms with Crippen LogP contribution in [-0.4, -0.2) is 39.0 Å². The van der Waals surface area contributed by atoms with Crippen molar-refractivity contribution in [3.63, 3.8) is 0 Å². The van der Waals surface area contributed by atoms with Crippen LogP contribution in [0.25, 0.3) is 0 Å². The number of nitrogens with two attached hydrogens (primary N) is 1. The Morgan fingerprint density at radius 1 is 1.43 bits per heavy atom. The van der Waals surface area contributed by atoms with Crippen LogP contribution in [0.2, 0.25) is 0 Å². The average molecular weight is 292 g/mol. The van der Waals surface area contributed by atoms with Crippen LogP contribution in [-0.2, 0) is 11.3 Å². The van der Waals surface area contributed by atoms with Crippen molar-refractivity contribution in [2.24, 2.45) is 5.73 Å². The van der Waals surface area contributed by atoms with Crippen molar-refractivity contribution in [1.29, 1.82) is 0 Å². The minimum atomic E-state index is 0.0497. The average Bonchev–Trinajstić information content (AvgIpc) is 2.93. The summed E-state index contributed by atoms with van der Waals surface area (Å²) in [7, 11) is 0. The van der Waals surface area contributed by atoms with Gasteiger partial charge in [0.15, 0.2) is 0 Å². The predicted molar refractivity (Wildman–Crippen MR) is 83.9 cm³/mol. The van der Waals surface area contributed by atoms with E-state index in [4.69, 9.17) is 5.73 Å². The molecule has 5 nitrogen and oxygen atoms in total. The van der Waals surface area contributed by atoms with Gasteiger partial charge in [0.2, 0.25) is 5.91 Å². The molecule has 2 atom stereocenters. The molecule has 0 spiro atoms. The fourth-order valence-corrected chi connectivity index (χ4v) is 3.18. The van der Waals surface area contributed by atoms with Crippen LogP contribution in [0.1, 0.15) is 58.2 Å². The van der Waals surface area contributed by atoms with Crippen LogP contribution in [0.15, 0.2) is 12.4 Å². The summed E-state index contributed by atoms with van der Waals surface area (Å²) in [6.07, 6.45) is 7.60. The molecular weight excluding hydrogens is 264 g/mol. The molecule has 1 aromatic heterocycles. The van der Waals surface area contributed by atoms with Crippen molar-refractivity contribution in [2.45, 2.75) is 71.0 Å². The second-order valence-corrected chi connectivity index (χ2v) is 6.39. The van der Waals surface area contributed by atoms with Gasteiger partial charge >= 0.3 is 0 Å². The van der Waals surface area contributed by atoms with Gasteiger partial charge < -0.3 is 15.2 Å². The lowest BCUT2D eigenvalue weighted by Gasteiger charge is -2.38. The topological polar surface area (TPSA) is 64.2 Å². The van der Waals surface area contributed by atoms with Crippen LogP contribution in [0.5, 0.6) is 0 Å². The third kappa shape index (κ3) is 3.84. The Hall–Kier alpha value is -1.36. The molecule has 1 amide bonds. The number of carbonyl (C=O) groups is 1. The van der Waals surface area contributed by atoms with Gasteiger partial charge in [-0.3, -0.25) is 4.79 Å². The van der Waals surface area contributed by atoms with E-state index < -0.39 is 0 Å². The maximum absolute atomic E-state index is 12.5. The standard InChI is InChI=1S/C16H28N4O/c1-12(2)16-18-8-11-19(16)10-7-15(21)20-9-5-4-6-14(20)13(3)17/h8,11-14H,4-7,9-10,17H2,1-3H3/t13-,14-/m1/s1. The molecule has 1 saturated heterocycles. The Labute approximate surface area is 127 Å². The first-order chi connectivity index (χ1) is 10.0. The Morgan fingerprint density at radius 2 is 2.19 bits per heavy atom. The van der Waals surface area contributed by atoms with Gasteiger partial charge in [-0.05, 0) is 26.2 Å². The molecule has 21 heavy (non-hydrogen) atoms. The van der Waals surface area contributed by atoms with Crippen LogP contribution in [0.4, 0.5) is 0 Å². The third-order valence-electron chi connectivity index (χ3n) is 4.31. The van der Waals surface area contributed by atoms with E-state index in [9.17, 15) is 4.79 Å². The molecule has 5 heteroatoms. The van der Waals surface area contributed by atoms with Crippen molar-refractivity contribution in [1.82, 2.24) is 14.5 Å². The number of imidazole rings is 1. The molecule has 1 fully saturated rings. The highest BCUT2D eigenvalue weighted by Crippen LogP contribution is 2.20. The maximum atomic E-state index is 12.5. The van der Waals surface area contributed by atoms with E-state index in [1.54, 1.807) is 0 Å². The molecule has 1 aliphatic rings. The molecule has 0 radical (unpaired) electrons. The van der Waals surface area contributed by atoms with E-state index in [1.165, 1.54) is 6.42 Å². The number of rotatable bonds is 5. The summed E-state index contributed by atoms with van der Waals surface area (Å²) in [5.41, 5.74) is 6.04. The number of hydrogen-bond acceptors (Lipinski definition) is 3. The third-order valence-corrected chi connectivity index (χ3v) is 4.31. The Bertz CT molecular complexity index is 467. The predicted octanol–water partition coefficient (Wildman–Crippen LogP) is 2.12. The van der Waals surface area contributed by atoms with Gasteiger partial charge in [0.25, 0.3) is 0 Å². The monoisotopic (exact) mass is 292 g/mol. The SMILES string of the molecule is CC(C)c1nccn1CCC(=O)N1CCCC[C@@H]1[C@@H](C)N. The summed E-state index contributed by atoms with van der Waals surface area (Å²) in [5.74, 6) is 1.65. The highest BCUT2D eigenvalue weighted by atomic mass is 16.2. The first-order valence-electron chi connectivity index (χ1n) is 8.06. The number of hydrogen-bond donors (Lipinski definition) is 1. The fourth-order valence-electron chi connectivity index (χ4n) is 3.18. The number of amides is 1. The summed E-state index contributed by atoms with van der Waals surface area (Å²) in [6, 6.07) is 0.257. The molecule has 118 valence electrons. The summed E-state index contributed by atoms with van der Waals surface area (Å²) in [5, 5.41) is 0. The van der Waals surface area contributed by atoms with E-state index in [-0.39, 0.29) is 18.0 Å². The summed E-state index contributed by atoms with van der Waals surface area (Å²) < 4.78 is 2.09. The van der Waals surface area contributed by atoms with Gasteiger partial charge in [-0.1, -0.05) is 13.8 Å². The lowest BCUT2D eigenvalue weighted by atomic mass is 9.96. The van der Waals surface area contributed by atoms with Crippen molar-refractivity contribution in [2.75, 3.05) is 6.54 Å². The van der Waals surface area contributed by atoms with Crippen LogP contribution in [0, 0.1) is 0 Å². The molecule has 2 heterocycles. The molecule has 0 aromatic carbocycles. The quantitative estimate of drug-likeness (QED) is 0.904. The first kappa shape index (κ1) is 16.0. The molecule has 2 N–H and O–H groups in total. The Morgan fingerprint density at radius 3 is 2.86 bits per heavy atom. The van der Waals surface area contributed by atoms with Crippen molar-refractivity contribution >= 4 is 5.91 Å². The molecule has 0 saturated carbocycles. The molecule has 1 aromatic rings. The summed E-state index contributed by atoms with van der Waals surface area (Å²) in [6.45, 7) is 7.80. The molecule has 0 bridgehead atoms.